The van der Waals surface area contributed by atoms with E-state index in [0.29, 0.717) is 18.4 Å². The minimum atomic E-state index is -0.215. The topological polar surface area (TPSA) is 74.2 Å². The predicted octanol–water partition coefficient (Wildman–Crippen LogP) is 0.236. The van der Waals surface area contributed by atoms with Gasteiger partial charge in [-0.15, -0.1) is 10.2 Å². The standard InChI is InChI=1S/C6H11N3O2/c1-4(7)6-9-8-5(11-6)3-10-2/h4H,3,7H2,1-2H3/t4-/m0/s1. The maximum Gasteiger partial charge on any atom is 0.242 e. The summed E-state index contributed by atoms with van der Waals surface area (Å²) in [5, 5.41) is 7.42. The third-order valence-corrected chi connectivity index (χ3v) is 1.14. The lowest BCUT2D eigenvalue weighted by Crippen LogP contribution is -2.04. The zero-order valence-corrected chi connectivity index (χ0v) is 6.57. The molecule has 62 valence electrons. The van der Waals surface area contributed by atoms with E-state index >= 15 is 0 Å². The van der Waals surface area contributed by atoms with Gasteiger partial charge in [0.15, 0.2) is 0 Å². The molecule has 0 aliphatic carbocycles. The van der Waals surface area contributed by atoms with Crippen molar-refractivity contribution in [3.05, 3.63) is 11.8 Å². The van der Waals surface area contributed by atoms with Crippen LogP contribution < -0.4 is 5.73 Å². The van der Waals surface area contributed by atoms with Gasteiger partial charge in [0, 0.05) is 7.11 Å². The molecule has 1 aromatic rings. The van der Waals surface area contributed by atoms with Gasteiger partial charge in [0.25, 0.3) is 0 Å². The highest BCUT2D eigenvalue weighted by atomic mass is 16.5. The molecule has 0 fully saturated rings. The summed E-state index contributed by atoms with van der Waals surface area (Å²) < 4.78 is 9.90. The zero-order chi connectivity index (χ0) is 8.27. The average molecular weight is 157 g/mol. The van der Waals surface area contributed by atoms with Gasteiger partial charge in [-0.3, -0.25) is 0 Å². The van der Waals surface area contributed by atoms with Crippen LogP contribution in [0.2, 0.25) is 0 Å². The molecule has 0 spiro atoms. The third kappa shape index (κ3) is 1.99. The highest BCUT2D eigenvalue weighted by molar-refractivity contribution is 4.84. The number of hydrogen-bond donors (Lipinski definition) is 1. The van der Waals surface area contributed by atoms with Crippen LogP contribution in [0.5, 0.6) is 0 Å². The zero-order valence-electron chi connectivity index (χ0n) is 6.57. The molecular formula is C6H11N3O2. The largest absolute Gasteiger partial charge is 0.421 e. The lowest BCUT2D eigenvalue weighted by molar-refractivity contribution is 0.157. The Morgan fingerprint density at radius 2 is 2.36 bits per heavy atom. The van der Waals surface area contributed by atoms with Crippen LogP contribution >= 0.6 is 0 Å². The van der Waals surface area contributed by atoms with Crippen LogP contribution in [0.4, 0.5) is 0 Å². The highest BCUT2D eigenvalue weighted by Crippen LogP contribution is 2.07. The van der Waals surface area contributed by atoms with Crippen LogP contribution in [0.25, 0.3) is 0 Å². The number of methoxy groups -OCH3 is 1. The second kappa shape index (κ2) is 3.45. The summed E-state index contributed by atoms with van der Waals surface area (Å²) in [6.45, 7) is 2.11. The van der Waals surface area contributed by atoms with E-state index in [0.717, 1.165) is 0 Å². The average Bonchev–Trinajstić information content (AvgIpc) is 2.37. The quantitative estimate of drug-likeness (QED) is 0.680. The van der Waals surface area contributed by atoms with Crippen molar-refractivity contribution in [2.45, 2.75) is 19.6 Å². The maximum absolute atomic E-state index is 5.49. The molecule has 0 unspecified atom stereocenters. The van der Waals surface area contributed by atoms with Crippen LogP contribution in [0, 0.1) is 0 Å². The number of nitrogens with two attached hydrogens (primary N) is 1. The first-order chi connectivity index (χ1) is 5.24. The second-order valence-electron chi connectivity index (χ2n) is 2.26. The molecule has 0 aromatic carbocycles. The summed E-state index contributed by atoms with van der Waals surface area (Å²) in [4.78, 5) is 0. The second-order valence-corrected chi connectivity index (χ2v) is 2.26. The molecule has 5 heteroatoms. The van der Waals surface area contributed by atoms with Gasteiger partial charge in [0.1, 0.15) is 6.61 Å². The van der Waals surface area contributed by atoms with Crippen LogP contribution in [0.1, 0.15) is 24.7 Å². The van der Waals surface area contributed by atoms with Gasteiger partial charge in [-0.05, 0) is 6.92 Å². The predicted molar refractivity (Wildman–Crippen MR) is 37.6 cm³/mol. The van der Waals surface area contributed by atoms with E-state index in [2.05, 4.69) is 10.2 Å². The first kappa shape index (κ1) is 8.16. The minimum absolute atomic E-state index is 0.215. The van der Waals surface area contributed by atoms with Gasteiger partial charge in [-0.2, -0.15) is 0 Å². The maximum atomic E-state index is 5.49. The van der Waals surface area contributed by atoms with Crippen molar-refractivity contribution >= 4 is 0 Å². The normalized spacial score (nSPS) is 13.4. The molecule has 0 amide bonds. The Morgan fingerprint density at radius 1 is 1.64 bits per heavy atom. The van der Waals surface area contributed by atoms with E-state index in [1.165, 1.54) is 0 Å². The van der Waals surface area contributed by atoms with E-state index in [-0.39, 0.29) is 6.04 Å². The van der Waals surface area contributed by atoms with E-state index in [9.17, 15) is 0 Å². The SMILES string of the molecule is COCc1nnc([C@H](C)N)o1. The monoisotopic (exact) mass is 157 g/mol. The molecule has 1 atom stereocenters. The van der Waals surface area contributed by atoms with Gasteiger partial charge < -0.3 is 14.9 Å². The number of aromatic nitrogens is 2. The van der Waals surface area contributed by atoms with Crippen molar-refractivity contribution in [2.24, 2.45) is 5.73 Å². The van der Waals surface area contributed by atoms with Gasteiger partial charge >= 0.3 is 0 Å². The lowest BCUT2D eigenvalue weighted by atomic mass is 10.4. The summed E-state index contributed by atoms with van der Waals surface area (Å²) in [6.07, 6.45) is 0. The lowest BCUT2D eigenvalue weighted by Gasteiger charge is -1.94. The summed E-state index contributed by atoms with van der Waals surface area (Å²) in [6, 6.07) is -0.215. The van der Waals surface area contributed by atoms with Gasteiger partial charge in [0.2, 0.25) is 11.8 Å². The molecule has 5 nitrogen and oxygen atoms in total. The van der Waals surface area contributed by atoms with Crippen molar-refractivity contribution in [1.29, 1.82) is 0 Å². The number of ether oxygens (including phenoxy) is 1. The van der Waals surface area contributed by atoms with Crippen molar-refractivity contribution in [1.82, 2.24) is 10.2 Å². The Balaban J connectivity index is 2.66. The summed E-state index contributed by atoms with van der Waals surface area (Å²) in [5.74, 6) is 0.900. The number of nitrogens with zero attached hydrogens (tertiary/aromatic N) is 2. The third-order valence-electron chi connectivity index (χ3n) is 1.14. The molecule has 1 heterocycles. The molecule has 0 radical (unpaired) electrons. The van der Waals surface area contributed by atoms with Crippen LogP contribution in [0.15, 0.2) is 4.42 Å². The Morgan fingerprint density at radius 3 is 2.82 bits per heavy atom. The smallest absolute Gasteiger partial charge is 0.242 e. The fraction of sp³-hybridized carbons (Fsp3) is 0.667. The fourth-order valence-electron chi connectivity index (χ4n) is 0.632. The number of hydrogen-bond acceptors (Lipinski definition) is 5. The van der Waals surface area contributed by atoms with Crippen LogP contribution in [0.3, 0.4) is 0 Å². The molecule has 11 heavy (non-hydrogen) atoms. The molecule has 0 bridgehead atoms. The molecule has 1 rings (SSSR count). The molecule has 0 saturated carbocycles. The van der Waals surface area contributed by atoms with Gasteiger partial charge in [-0.25, -0.2) is 0 Å². The van der Waals surface area contributed by atoms with E-state index < -0.39 is 0 Å². The molecule has 2 N–H and O–H groups in total. The van der Waals surface area contributed by atoms with Gasteiger partial charge in [0.05, 0.1) is 6.04 Å². The Kier molecular flexibility index (Phi) is 2.56. The Bertz CT molecular complexity index is 221. The fourth-order valence-corrected chi connectivity index (χ4v) is 0.632. The highest BCUT2D eigenvalue weighted by Gasteiger charge is 2.08. The first-order valence-corrected chi connectivity index (χ1v) is 3.31. The van der Waals surface area contributed by atoms with Crippen molar-refractivity contribution in [2.75, 3.05) is 7.11 Å². The van der Waals surface area contributed by atoms with E-state index in [4.69, 9.17) is 14.9 Å². The van der Waals surface area contributed by atoms with Crippen molar-refractivity contribution in [3.8, 4) is 0 Å². The molecule has 0 saturated heterocycles. The van der Waals surface area contributed by atoms with Gasteiger partial charge in [-0.1, -0.05) is 0 Å². The minimum Gasteiger partial charge on any atom is -0.421 e. The molecule has 0 aliphatic rings. The summed E-state index contributed by atoms with van der Waals surface area (Å²) in [7, 11) is 1.57. The van der Waals surface area contributed by atoms with Crippen LogP contribution in [-0.4, -0.2) is 17.3 Å². The summed E-state index contributed by atoms with van der Waals surface area (Å²) in [5.41, 5.74) is 5.49. The van der Waals surface area contributed by atoms with Crippen molar-refractivity contribution in [3.63, 3.8) is 0 Å². The van der Waals surface area contributed by atoms with Crippen LogP contribution in [-0.2, 0) is 11.3 Å². The molecule has 0 aliphatic heterocycles. The number of rotatable bonds is 3. The first-order valence-electron chi connectivity index (χ1n) is 3.31. The Labute approximate surface area is 64.5 Å². The molecular weight excluding hydrogens is 146 g/mol. The van der Waals surface area contributed by atoms with Crippen molar-refractivity contribution < 1.29 is 9.15 Å². The van der Waals surface area contributed by atoms with E-state index in [1.807, 2.05) is 0 Å². The summed E-state index contributed by atoms with van der Waals surface area (Å²) >= 11 is 0. The van der Waals surface area contributed by atoms with E-state index in [1.54, 1.807) is 14.0 Å². The molecule has 1 aromatic heterocycles. The Hall–Kier alpha value is -0.940.